The van der Waals surface area contributed by atoms with Gasteiger partial charge in [0.2, 0.25) is 10.0 Å². The van der Waals surface area contributed by atoms with E-state index in [1.54, 1.807) is 6.92 Å². The molecule has 0 saturated carbocycles. The molecular formula is C6H9N7O2S2. The van der Waals surface area contributed by atoms with Gasteiger partial charge in [-0.1, -0.05) is 16.6 Å². The fourth-order valence-electron chi connectivity index (χ4n) is 1.13. The standard InChI is InChI=1S/C6H9N7O2S2/c1-3-5(17(7,14)15)16-6(9-3)8-2-4-10-12-13-11-4/h2H2,1H3,(H,8,9)(H2,7,14,15)(H,10,11,12,13). The largest absolute Gasteiger partial charge is 0.354 e. The van der Waals surface area contributed by atoms with Crippen molar-refractivity contribution >= 4 is 26.5 Å². The van der Waals surface area contributed by atoms with Gasteiger partial charge in [-0.3, -0.25) is 0 Å². The molecule has 2 aromatic rings. The zero-order valence-corrected chi connectivity index (χ0v) is 10.3. The lowest BCUT2D eigenvalue weighted by molar-refractivity contribution is 0.599. The molecular weight excluding hydrogens is 266 g/mol. The average Bonchev–Trinajstić information content (AvgIpc) is 2.82. The summed E-state index contributed by atoms with van der Waals surface area (Å²) in [5, 5.41) is 21.5. The number of rotatable bonds is 4. The number of aromatic amines is 1. The molecule has 0 fully saturated rings. The van der Waals surface area contributed by atoms with Gasteiger partial charge in [-0.25, -0.2) is 18.5 Å². The first kappa shape index (κ1) is 11.9. The number of anilines is 1. The van der Waals surface area contributed by atoms with E-state index in [2.05, 4.69) is 30.9 Å². The van der Waals surface area contributed by atoms with E-state index in [0.29, 0.717) is 23.2 Å². The molecule has 0 unspecified atom stereocenters. The maximum absolute atomic E-state index is 11.2. The summed E-state index contributed by atoms with van der Waals surface area (Å²) in [6.45, 7) is 1.88. The summed E-state index contributed by atoms with van der Waals surface area (Å²) in [5.74, 6) is 0.454. The Kier molecular flexibility index (Phi) is 3.04. The molecule has 0 aromatic carbocycles. The van der Waals surface area contributed by atoms with E-state index in [-0.39, 0.29) is 4.21 Å². The molecule has 0 atom stereocenters. The number of H-pyrrole nitrogens is 1. The first-order chi connectivity index (χ1) is 7.97. The third-order valence-corrected chi connectivity index (χ3v) is 4.47. The molecule has 0 aliphatic rings. The maximum atomic E-state index is 11.2. The second kappa shape index (κ2) is 4.35. The molecule has 0 bridgehead atoms. The SMILES string of the molecule is Cc1nc(NCc2nn[nH]n2)sc1S(N)(=O)=O. The van der Waals surface area contributed by atoms with E-state index >= 15 is 0 Å². The Balaban J connectivity index is 2.13. The summed E-state index contributed by atoms with van der Waals surface area (Å²) < 4.78 is 22.4. The lowest BCUT2D eigenvalue weighted by Crippen LogP contribution is -2.11. The van der Waals surface area contributed by atoms with Crippen molar-refractivity contribution in [1.29, 1.82) is 0 Å². The molecule has 92 valence electrons. The minimum atomic E-state index is -3.72. The van der Waals surface area contributed by atoms with Crippen LogP contribution >= 0.6 is 11.3 Å². The second-order valence-electron chi connectivity index (χ2n) is 3.12. The van der Waals surface area contributed by atoms with Crippen molar-refractivity contribution in [2.45, 2.75) is 17.7 Å². The van der Waals surface area contributed by atoms with Gasteiger partial charge in [-0.2, -0.15) is 5.21 Å². The van der Waals surface area contributed by atoms with Gasteiger partial charge in [0.1, 0.15) is 0 Å². The van der Waals surface area contributed by atoms with Gasteiger partial charge in [-0.15, -0.1) is 10.2 Å². The summed E-state index contributed by atoms with van der Waals surface area (Å²) in [6.07, 6.45) is 0. The van der Waals surface area contributed by atoms with Crippen LogP contribution in [-0.4, -0.2) is 34.0 Å². The predicted molar refractivity (Wildman–Crippen MR) is 59.7 cm³/mol. The Morgan fingerprint density at radius 1 is 1.53 bits per heavy atom. The highest BCUT2D eigenvalue weighted by Crippen LogP contribution is 2.25. The molecule has 17 heavy (non-hydrogen) atoms. The van der Waals surface area contributed by atoms with Crippen LogP contribution in [0.2, 0.25) is 0 Å². The molecule has 0 radical (unpaired) electrons. The van der Waals surface area contributed by atoms with Gasteiger partial charge < -0.3 is 5.32 Å². The summed E-state index contributed by atoms with van der Waals surface area (Å²) in [4.78, 5) is 4.04. The number of hydrogen-bond donors (Lipinski definition) is 3. The molecule has 0 spiro atoms. The minimum Gasteiger partial charge on any atom is -0.354 e. The summed E-state index contributed by atoms with van der Waals surface area (Å²) in [5.41, 5.74) is 0.369. The number of thiazole rings is 1. The van der Waals surface area contributed by atoms with Crippen LogP contribution in [0.15, 0.2) is 4.21 Å². The Hall–Kier alpha value is -1.59. The van der Waals surface area contributed by atoms with Crippen molar-refractivity contribution in [2.75, 3.05) is 5.32 Å². The number of nitrogens with zero attached hydrogens (tertiary/aromatic N) is 4. The smallest absolute Gasteiger partial charge is 0.249 e. The number of aromatic nitrogens is 5. The Bertz CT molecular complexity index is 602. The highest BCUT2D eigenvalue weighted by molar-refractivity contribution is 7.91. The van der Waals surface area contributed by atoms with Crippen molar-refractivity contribution in [3.8, 4) is 0 Å². The lowest BCUT2D eigenvalue weighted by atomic mass is 10.6. The first-order valence-corrected chi connectivity index (χ1v) is 6.79. The molecule has 2 rings (SSSR count). The molecule has 9 nitrogen and oxygen atoms in total. The van der Waals surface area contributed by atoms with Crippen LogP contribution in [0.3, 0.4) is 0 Å². The zero-order chi connectivity index (χ0) is 12.5. The van der Waals surface area contributed by atoms with E-state index in [4.69, 9.17) is 5.14 Å². The third kappa shape index (κ3) is 2.75. The summed E-state index contributed by atoms with van der Waals surface area (Å²) in [6, 6.07) is 0. The van der Waals surface area contributed by atoms with E-state index in [1.165, 1.54) is 0 Å². The number of sulfonamides is 1. The van der Waals surface area contributed by atoms with Crippen LogP contribution in [0.1, 0.15) is 11.5 Å². The summed E-state index contributed by atoms with van der Waals surface area (Å²) >= 11 is 0.967. The fourth-order valence-corrected chi connectivity index (χ4v) is 2.99. The highest BCUT2D eigenvalue weighted by atomic mass is 32.2. The molecule has 0 amide bonds. The minimum absolute atomic E-state index is 0.0492. The quantitative estimate of drug-likeness (QED) is 0.665. The number of tetrazole rings is 1. The van der Waals surface area contributed by atoms with Gasteiger partial charge in [0, 0.05) is 0 Å². The van der Waals surface area contributed by atoms with Gasteiger partial charge in [-0.05, 0) is 6.92 Å². The van der Waals surface area contributed by atoms with Crippen LogP contribution in [0.25, 0.3) is 0 Å². The average molecular weight is 275 g/mol. The molecule has 4 N–H and O–H groups in total. The van der Waals surface area contributed by atoms with E-state index in [1.807, 2.05) is 0 Å². The topological polar surface area (TPSA) is 140 Å². The van der Waals surface area contributed by atoms with Crippen LogP contribution in [0.5, 0.6) is 0 Å². The van der Waals surface area contributed by atoms with Crippen molar-refractivity contribution in [3.63, 3.8) is 0 Å². The van der Waals surface area contributed by atoms with Crippen LogP contribution < -0.4 is 10.5 Å². The molecule has 0 aliphatic carbocycles. The van der Waals surface area contributed by atoms with Crippen molar-refractivity contribution < 1.29 is 8.42 Å². The molecule has 2 aromatic heterocycles. The number of hydrogen-bond acceptors (Lipinski definition) is 8. The molecule has 2 heterocycles. The third-order valence-electron chi connectivity index (χ3n) is 1.80. The van der Waals surface area contributed by atoms with E-state index < -0.39 is 10.0 Å². The van der Waals surface area contributed by atoms with Crippen LogP contribution in [0.4, 0.5) is 5.13 Å². The number of primary sulfonamides is 1. The van der Waals surface area contributed by atoms with Crippen LogP contribution in [0, 0.1) is 6.92 Å². The predicted octanol–water partition coefficient (Wildman–Crippen LogP) is -0.776. The lowest BCUT2D eigenvalue weighted by Gasteiger charge is -1.95. The second-order valence-corrected chi connectivity index (χ2v) is 5.87. The maximum Gasteiger partial charge on any atom is 0.249 e. The monoisotopic (exact) mass is 275 g/mol. The van der Waals surface area contributed by atoms with E-state index in [0.717, 1.165) is 11.3 Å². The highest BCUT2D eigenvalue weighted by Gasteiger charge is 2.17. The first-order valence-electron chi connectivity index (χ1n) is 4.43. The van der Waals surface area contributed by atoms with Gasteiger partial charge >= 0.3 is 0 Å². The number of nitrogens with one attached hydrogen (secondary N) is 2. The molecule has 0 saturated heterocycles. The molecule has 11 heteroatoms. The Morgan fingerprint density at radius 2 is 2.29 bits per heavy atom. The number of nitrogens with two attached hydrogens (primary N) is 1. The Labute approximate surface area is 101 Å². The van der Waals surface area contributed by atoms with Crippen molar-refractivity contribution in [2.24, 2.45) is 5.14 Å². The Morgan fingerprint density at radius 3 is 2.82 bits per heavy atom. The zero-order valence-electron chi connectivity index (χ0n) is 8.71. The fraction of sp³-hybridized carbons (Fsp3) is 0.333. The van der Waals surface area contributed by atoms with E-state index in [9.17, 15) is 8.42 Å². The molecule has 0 aliphatic heterocycles. The van der Waals surface area contributed by atoms with Crippen LogP contribution in [-0.2, 0) is 16.6 Å². The van der Waals surface area contributed by atoms with Gasteiger partial charge in [0.05, 0.1) is 12.2 Å². The van der Waals surface area contributed by atoms with Crippen molar-refractivity contribution in [3.05, 3.63) is 11.5 Å². The van der Waals surface area contributed by atoms with Gasteiger partial charge in [0.15, 0.2) is 15.2 Å². The number of aryl methyl sites for hydroxylation is 1. The van der Waals surface area contributed by atoms with Crippen molar-refractivity contribution in [1.82, 2.24) is 25.6 Å². The van der Waals surface area contributed by atoms with Gasteiger partial charge in [0.25, 0.3) is 0 Å². The normalized spacial score (nSPS) is 11.6. The summed E-state index contributed by atoms with van der Waals surface area (Å²) in [7, 11) is -3.72.